The molecule has 2 heterocycles. The van der Waals surface area contributed by atoms with Gasteiger partial charge in [-0.3, -0.25) is 9.59 Å². The zero-order valence-electron chi connectivity index (χ0n) is 15.7. The second kappa shape index (κ2) is 9.22. The highest BCUT2D eigenvalue weighted by atomic mass is 19.3. The van der Waals surface area contributed by atoms with E-state index in [0.29, 0.717) is 31.7 Å². The van der Waals surface area contributed by atoms with Crippen molar-refractivity contribution < 1.29 is 32.3 Å². The molecule has 1 aromatic heterocycles. The third-order valence-electron chi connectivity index (χ3n) is 4.43. The van der Waals surface area contributed by atoms with E-state index in [1.165, 1.54) is 31.6 Å². The Morgan fingerprint density at radius 2 is 1.83 bits per heavy atom. The van der Waals surface area contributed by atoms with Crippen LogP contribution in [0.5, 0.6) is 11.5 Å². The van der Waals surface area contributed by atoms with E-state index >= 15 is 0 Å². The summed E-state index contributed by atoms with van der Waals surface area (Å²) in [5, 5.41) is 0. The summed E-state index contributed by atoms with van der Waals surface area (Å²) in [6.45, 7) is -1.33. The van der Waals surface area contributed by atoms with E-state index in [0.717, 1.165) is 0 Å². The number of carbonyl (C=O) groups excluding carboxylic acids is 2. The molecule has 0 radical (unpaired) electrons. The first-order valence-electron chi connectivity index (χ1n) is 8.90. The molecule has 2 aromatic rings. The van der Waals surface area contributed by atoms with Gasteiger partial charge in [0.05, 0.1) is 13.4 Å². The number of hydrogen-bond donors (Lipinski definition) is 0. The fraction of sp³-hybridized carbons (Fsp3) is 0.300. The molecular formula is C20H20F2N2O5. The van der Waals surface area contributed by atoms with Gasteiger partial charge in [0.15, 0.2) is 17.3 Å². The van der Waals surface area contributed by atoms with Gasteiger partial charge in [-0.2, -0.15) is 8.78 Å². The second-order valence-corrected chi connectivity index (χ2v) is 6.22. The van der Waals surface area contributed by atoms with Crippen LogP contribution in [0.2, 0.25) is 0 Å². The maximum absolute atomic E-state index is 12.4. The fourth-order valence-electron chi connectivity index (χ4n) is 2.94. The number of furan rings is 1. The van der Waals surface area contributed by atoms with Gasteiger partial charge >= 0.3 is 6.61 Å². The maximum atomic E-state index is 12.4. The first-order valence-corrected chi connectivity index (χ1v) is 8.90. The third-order valence-corrected chi connectivity index (χ3v) is 4.43. The molecule has 0 aliphatic carbocycles. The Morgan fingerprint density at radius 1 is 1.10 bits per heavy atom. The molecular weight excluding hydrogens is 386 g/mol. The van der Waals surface area contributed by atoms with Gasteiger partial charge in [0, 0.05) is 32.3 Å². The highest BCUT2D eigenvalue weighted by molar-refractivity contribution is 5.93. The zero-order chi connectivity index (χ0) is 20.8. The first kappa shape index (κ1) is 20.4. The molecule has 1 aliphatic heterocycles. The van der Waals surface area contributed by atoms with Crippen molar-refractivity contribution in [2.45, 2.75) is 6.61 Å². The quantitative estimate of drug-likeness (QED) is 0.690. The largest absolute Gasteiger partial charge is 0.493 e. The van der Waals surface area contributed by atoms with E-state index in [9.17, 15) is 18.4 Å². The van der Waals surface area contributed by atoms with Gasteiger partial charge in [-0.05, 0) is 35.9 Å². The number of carbonyl (C=O) groups is 2. The van der Waals surface area contributed by atoms with Crippen LogP contribution < -0.4 is 9.47 Å². The Kier molecular flexibility index (Phi) is 6.48. The Bertz CT molecular complexity index is 875. The lowest BCUT2D eigenvalue weighted by atomic mass is 10.2. The number of nitrogens with zero attached hydrogens (tertiary/aromatic N) is 2. The minimum absolute atomic E-state index is 0.0803. The predicted molar refractivity (Wildman–Crippen MR) is 99.9 cm³/mol. The highest BCUT2D eigenvalue weighted by Crippen LogP contribution is 2.29. The van der Waals surface area contributed by atoms with Gasteiger partial charge in [0.2, 0.25) is 5.91 Å². The number of methoxy groups -OCH3 is 1. The lowest BCUT2D eigenvalue weighted by Crippen LogP contribution is -2.50. The van der Waals surface area contributed by atoms with Crippen molar-refractivity contribution in [2.24, 2.45) is 0 Å². The summed E-state index contributed by atoms with van der Waals surface area (Å²) in [5.74, 6) is -0.0658. The van der Waals surface area contributed by atoms with Crippen molar-refractivity contribution in [2.75, 3.05) is 33.3 Å². The van der Waals surface area contributed by atoms with Crippen LogP contribution in [0.4, 0.5) is 8.78 Å². The second-order valence-electron chi connectivity index (χ2n) is 6.22. The SMILES string of the molecule is COc1cc(/C=C/C(=O)N2CCN(C(=O)c3ccco3)CC2)ccc1OC(F)F. The van der Waals surface area contributed by atoms with Crippen molar-refractivity contribution in [3.8, 4) is 11.5 Å². The maximum Gasteiger partial charge on any atom is 0.387 e. The first-order chi connectivity index (χ1) is 14.0. The number of halogens is 2. The number of hydrogen-bond acceptors (Lipinski definition) is 5. The number of ether oxygens (including phenoxy) is 2. The molecule has 0 N–H and O–H groups in total. The molecule has 29 heavy (non-hydrogen) atoms. The molecule has 9 heteroatoms. The van der Waals surface area contributed by atoms with Crippen LogP contribution in [0.3, 0.4) is 0 Å². The molecule has 154 valence electrons. The summed E-state index contributed by atoms with van der Waals surface area (Å²) in [7, 11) is 1.34. The Balaban J connectivity index is 1.57. The molecule has 0 saturated carbocycles. The van der Waals surface area contributed by atoms with Crippen molar-refractivity contribution in [3.05, 3.63) is 54.0 Å². The summed E-state index contributed by atoms with van der Waals surface area (Å²) in [6, 6.07) is 7.66. The molecule has 0 atom stereocenters. The molecule has 0 unspecified atom stereocenters. The lowest BCUT2D eigenvalue weighted by Gasteiger charge is -2.33. The van der Waals surface area contributed by atoms with Crippen molar-refractivity contribution in [1.29, 1.82) is 0 Å². The van der Waals surface area contributed by atoms with Gasteiger partial charge in [-0.15, -0.1) is 0 Å². The van der Waals surface area contributed by atoms with Crippen molar-refractivity contribution in [1.82, 2.24) is 9.80 Å². The van der Waals surface area contributed by atoms with Crippen LogP contribution in [0.1, 0.15) is 16.1 Å². The average Bonchev–Trinajstić information content (AvgIpc) is 3.27. The Hall–Kier alpha value is -3.36. The summed E-state index contributed by atoms with van der Waals surface area (Å²) < 4.78 is 39.3. The van der Waals surface area contributed by atoms with E-state index in [4.69, 9.17) is 9.15 Å². The molecule has 1 saturated heterocycles. The molecule has 0 spiro atoms. The van der Waals surface area contributed by atoms with E-state index < -0.39 is 6.61 Å². The van der Waals surface area contributed by atoms with Gasteiger partial charge in [0.1, 0.15) is 0 Å². The van der Waals surface area contributed by atoms with Gasteiger partial charge < -0.3 is 23.7 Å². The standard InChI is InChI=1S/C20H20F2N2O5/c1-27-17-13-14(4-6-15(17)29-20(21)22)5-7-18(25)23-8-10-24(11-9-23)19(26)16-3-2-12-28-16/h2-7,12-13,20H,8-11H2,1H3/b7-5+. The minimum Gasteiger partial charge on any atom is -0.493 e. The van der Waals surface area contributed by atoms with Crippen molar-refractivity contribution >= 4 is 17.9 Å². The van der Waals surface area contributed by atoms with E-state index in [1.54, 1.807) is 34.1 Å². The summed E-state index contributed by atoms with van der Waals surface area (Å²) >= 11 is 0. The predicted octanol–water partition coefficient (Wildman–Crippen LogP) is 2.89. The van der Waals surface area contributed by atoms with Crippen LogP contribution in [0.15, 0.2) is 47.1 Å². The van der Waals surface area contributed by atoms with Gasteiger partial charge in [0.25, 0.3) is 5.91 Å². The summed E-state index contributed by atoms with van der Waals surface area (Å²) in [4.78, 5) is 27.9. The average molecular weight is 406 g/mol. The van der Waals surface area contributed by atoms with Gasteiger partial charge in [-0.1, -0.05) is 6.07 Å². The summed E-state index contributed by atoms with van der Waals surface area (Å²) in [6.07, 6.45) is 4.41. The third kappa shape index (κ3) is 5.13. The number of benzene rings is 1. The lowest BCUT2D eigenvalue weighted by molar-refractivity contribution is -0.127. The Morgan fingerprint density at radius 3 is 2.45 bits per heavy atom. The summed E-state index contributed by atoms with van der Waals surface area (Å²) in [5.41, 5.74) is 0.600. The van der Waals surface area contributed by atoms with E-state index in [2.05, 4.69) is 4.74 Å². The minimum atomic E-state index is -2.95. The normalized spacial score (nSPS) is 14.5. The van der Waals surface area contributed by atoms with Gasteiger partial charge in [-0.25, -0.2) is 0 Å². The molecule has 1 fully saturated rings. The van der Waals surface area contributed by atoms with Crippen molar-refractivity contribution in [3.63, 3.8) is 0 Å². The number of amides is 2. The van der Waals surface area contributed by atoms with Crippen LogP contribution in [0.25, 0.3) is 6.08 Å². The number of alkyl halides is 2. The Labute approximate surface area is 166 Å². The monoisotopic (exact) mass is 406 g/mol. The zero-order valence-corrected chi connectivity index (χ0v) is 15.7. The van der Waals surface area contributed by atoms with Crippen LogP contribution in [-0.4, -0.2) is 61.5 Å². The molecule has 7 nitrogen and oxygen atoms in total. The number of rotatable bonds is 6. The van der Waals surface area contributed by atoms with Crippen LogP contribution in [0, 0.1) is 0 Å². The molecule has 3 rings (SSSR count). The molecule has 2 amide bonds. The van der Waals surface area contributed by atoms with Crippen LogP contribution in [-0.2, 0) is 4.79 Å². The topological polar surface area (TPSA) is 72.2 Å². The molecule has 1 aromatic carbocycles. The van der Waals surface area contributed by atoms with Crippen LogP contribution >= 0.6 is 0 Å². The van der Waals surface area contributed by atoms with E-state index in [-0.39, 0.29) is 29.1 Å². The number of piperazine rings is 1. The smallest absolute Gasteiger partial charge is 0.387 e. The molecule has 1 aliphatic rings. The molecule has 0 bridgehead atoms. The highest BCUT2D eigenvalue weighted by Gasteiger charge is 2.25. The fourth-order valence-corrected chi connectivity index (χ4v) is 2.94. The van der Waals surface area contributed by atoms with E-state index in [1.807, 2.05) is 0 Å².